The molecular weight excluding hydrogens is 570 g/mol. The molecule has 0 spiro atoms. The van der Waals surface area contributed by atoms with Gasteiger partial charge in [-0.2, -0.15) is 0 Å². The van der Waals surface area contributed by atoms with Crippen molar-refractivity contribution in [2.45, 2.75) is 5.37 Å². The monoisotopic (exact) mass is 597 g/mol. The first-order valence-corrected chi connectivity index (χ1v) is 15.2. The van der Waals surface area contributed by atoms with E-state index in [9.17, 15) is 14.7 Å². The van der Waals surface area contributed by atoms with E-state index in [1.165, 1.54) is 18.9 Å². The Kier molecular flexibility index (Phi) is 7.12. The Balaban J connectivity index is 1.21. The summed E-state index contributed by atoms with van der Waals surface area (Å²) >= 11 is 1.54. The van der Waals surface area contributed by atoms with E-state index in [2.05, 4.69) is 0 Å². The van der Waals surface area contributed by atoms with Gasteiger partial charge in [0.1, 0.15) is 11.2 Å². The third-order valence-corrected chi connectivity index (χ3v) is 8.98. The van der Waals surface area contributed by atoms with Crippen LogP contribution in [0.4, 0.5) is 5.69 Å². The SMILES string of the molecule is COc1cc(C2SCC(=O)N2c2ccc(-c3ccc(-n4c(-c5ccccc5)nc5ccccc5c4=O)cc3)cc2)ccc1O. The van der Waals surface area contributed by atoms with Crippen molar-refractivity contribution in [3.63, 3.8) is 0 Å². The van der Waals surface area contributed by atoms with Crippen LogP contribution in [0.15, 0.2) is 126 Å². The average molecular weight is 598 g/mol. The molecule has 7 nitrogen and oxygen atoms in total. The maximum atomic E-state index is 13.7. The van der Waals surface area contributed by atoms with Gasteiger partial charge in [-0.15, -0.1) is 11.8 Å². The van der Waals surface area contributed by atoms with E-state index in [1.807, 2.05) is 103 Å². The third kappa shape index (κ3) is 4.89. The second-order valence-corrected chi connectivity index (χ2v) is 11.5. The zero-order valence-electron chi connectivity index (χ0n) is 23.8. The highest BCUT2D eigenvalue weighted by Gasteiger charge is 2.34. The number of benzene rings is 5. The van der Waals surface area contributed by atoms with Crippen LogP contribution < -0.4 is 15.2 Å². The standard InChI is InChI=1S/C36H27N3O4S/c1-43-32-21-26(15-20-31(32)40)36-38(33(41)22-44-36)27-16-11-23(12-17-27)24-13-18-28(19-14-24)39-34(25-7-3-2-4-8-25)37-30-10-6-5-9-29(30)35(39)42/h2-21,36,40H,22H2,1H3. The quantitative estimate of drug-likeness (QED) is 0.218. The van der Waals surface area contributed by atoms with E-state index in [0.29, 0.717) is 28.2 Å². The van der Waals surface area contributed by atoms with Gasteiger partial charge in [0.25, 0.3) is 5.56 Å². The maximum Gasteiger partial charge on any atom is 0.266 e. The van der Waals surface area contributed by atoms with Gasteiger partial charge in [0.2, 0.25) is 5.91 Å². The van der Waals surface area contributed by atoms with E-state index in [1.54, 1.807) is 27.7 Å². The van der Waals surface area contributed by atoms with Gasteiger partial charge >= 0.3 is 0 Å². The molecule has 0 saturated carbocycles. The fraction of sp³-hybridized carbons (Fsp3) is 0.0833. The Morgan fingerprint density at radius 3 is 2.14 bits per heavy atom. The number of aromatic hydroxyl groups is 1. The number of aromatic nitrogens is 2. The number of amides is 1. The molecule has 0 radical (unpaired) electrons. The molecule has 1 aliphatic heterocycles. The van der Waals surface area contributed by atoms with Crippen molar-refractivity contribution in [2.75, 3.05) is 17.8 Å². The number of ether oxygens (including phenoxy) is 1. The van der Waals surface area contributed by atoms with Gasteiger partial charge in [0.15, 0.2) is 11.5 Å². The van der Waals surface area contributed by atoms with Crippen molar-refractivity contribution in [3.05, 3.63) is 137 Å². The Hall–Kier alpha value is -5.34. The number of hydrogen-bond donors (Lipinski definition) is 1. The number of rotatable bonds is 6. The van der Waals surface area contributed by atoms with Gasteiger partial charge < -0.3 is 9.84 Å². The minimum absolute atomic E-state index is 0.0211. The highest BCUT2D eigenvalue weighted by atomic mass is 32.2. The smallest absolute Gasteiger partial charge is 0.266 e. The molecule has 1 amide bonds. The molecule has 0 aliphatic carbocycles. The summed E-state index contributed by atoms with van der Waals surface area (Å²) in [7, 11) is 1.51. The van der Waals surface area contributed by atoms with Gasteiger partial charge in [-0.1, -0.05) is 72.8 Å². The first kappa shape index (κ1) is 27.5. The van der Waals surface area contributed by atoms with Crippen molar-refractivity contribution in [3.8, 4) is 39.7 Å². The predicted octanol–water partition coefficient (Wildman–Crippen LogP) is 7.21. The summed E-state index contributed by atoms with van der Waals surface area (Å²) in [5.41, 5.74) is 5.74. The topological polar surface area (TPSA) is 84.7 Å². The van der Waals surface area contributed by atoms with E-state index in [0.717, 1.165) is 33.6 Å². The van der Waals surface area contributed by atoms with Crippen LogP contribution in [0.5, 0.6) is 11.5 Å². The Morgan fingerprint density at radius 2 is 1.43 bits per heavy atom. The summed E-state index contributed by atoms with van der Waals surface area (Å²) in [6, 6.07) is 38.0. The predicted molar refractivity (Wildman–Crippen MR) is 176 cm³/mol. The Morgan fingerprint density at radius 1 is 0.773 bits per heavy atom. The number of phenolic OH excluding ortho intramolecular Hbond substituents is 1. The molecule has 2 heterocycles. The lowest BCUT2D eigenvalue weighted by molar-refractivity contribution is -0.115. The number of carbonyl (C=O) groups excluding carboxylic acids is 1. The van der Waals surface area contributed by atoms with Crippen LogP contribution >= 0.6 is 11.8 Å². The molecule has 1 N–H and O–H groups in total. The largest absolute Gasteiger partial charge is 0.504 e. The molecule has 6 aromatic rings. The van der Waals surface area contributed by atoms with E-state index in [-0.39, 0.29) is 22.6 Å². The molecular formula is C36H27N3O4S. The van der Waals surface area contributed by atoms with E-state index < -0.39 is 0 Å². The molecule has 44 heavy (non-hydrogen) atoms. The zero-order chi connectivity index (χ0) is 30.2. The molecule has 1 atom stereocenters. The maximum absolute atomic E-state index is 13.7. The summed E-state index contributed by atoms with van der Waals surface area (Å²) in [4.78, 5) is 33.3. The fourth-order valence-electron chi connectivity index (χ4n) is 5.57. The van der Waals surface area contributed by atoms with Gasteiger partial charge in [-0.3, -0.25) is 19.1 Å². The van der Waals surface area contributed by atoms with Crippen LogP contribution in [0.3, 0.4) is 0 Å². The number of nitrogens with zero attached hydrogens (tertiary/aromatic N) is 3. The summed E-state index contributed by atoms with van der Waals surface area (Å²) in [6.45, 7) is 0. The van der Waals surface area contributed by atoms with Crippen molar-refractivity contribution < 1.29 is 14.6 Å². The summed E-state index contributed by atoms with van der Waals surface area (Å²) in [5.74, 6) is 1.41. The van der Waals surface area contributed by atoms with E-state index in [4.69, 9.17) is 9.72 Å². The van der Waals surface area contributed by atoms with Crippen LogP contribution in [0.2, 0.25) is 0 Å². The van der Waals surface area contributed by atoms with Crippen LogP contribution in [0, 0.1) is 0 Å². The number of methoxy groups -OCH3 is 1. The first-order valence-electron chi connectivity index (χ1n) is 14.1. The molecule has 5 aromatic carbocycles. The highest BCUT2D eigenvalue weighted by molar-refractivity contribution is 8.00. The molecule has 1 saturated heterocycles. The number of anilines is 1. The van der Waals surface area contributed by atoms with Gasteiger partial charge in [-0.05, 0) is 65.2 Å². The number of phenols is 1. The second-order valence-electron chi connectivity index (χ2n) is 10.4. The van der Waals surface area contributed by atoms with Crippen molar-refractivity contribution in [1.29, 1.82) is 0 Å². The molecule has 1 fully saturated rings. The molecule has 1 aliphatic rings. The lowest BCUT2D eigenvalue weighted by Gasteiger charge is -2.25. The summed E-state index contributed by atoms with van der Waals surface area (Å²) in [6.07, 6.45) is 0. The molecule has 7 rings (SSSR count). The average Bonchev–Trinajstić information content (AvgIpc) is 3.46. The number of thioether (sulfide) groups is 1. The van der Waals surface area contributed by atoms with Crippen molar-refractivity contribution in [1.82, 2.24) is 9.55 Å². The van der Waals surface area contributed by atoms with Crippen LogP contribution in [0.25, 0.3) is 39.1 Å². The lowest BCUT2D eigenvalue weighted by Crippen LogP contribution is -2.27. The zero-order valence-corrected chi connectivity index (χ0v) is 24.6. The van der Waals surface area contributed by atoms with Crippen LogP contribution in [0.1, 0.15) is 10.9 Å². The van der Waals surface area contributed by atoms with E-state index >= 15 is 0 Å². The molecule has 216 valence electrons. The number of carbonyl (C=O) groups is 1. The molecule has 1 unspecified atom stereocenters. The Labute approximate surface area is 258 Å². The first-order chi connectivity index (χ1) is 21.5. The third-order valence-electron chi connectivity index (χ3n) is 7.77. The minimum atomic E-state index is -0.227. The van der Waals surface area contributed by atoms with Crippen LogP contribution in [-0.4, -0.2) is 33.4 Å². The van der Waals surface area contributed by atoms with Crippen LogP contribution in [-0.2, 0) is 4.79 Å². The van der Waals surface area contributed by atoms with Gasteiger partial charge in [0.05, 0.1) is 29.5 Å². The number of para-hydroxylation sites is 1. The lowest BCUT2D eigenvalue weighted by atomic mass is 10.0. The normalized spacial score (nSPS) is 14.7. The summed E-state index contributed by atoms with van der Waals surface area (Å²) in [5, 5.41) is 10.4. The fourth-order valence-corrected chi connectivity index (χ4v) is 6.74. The Bertz CT molecular complexity index is 2060. The molecule has 1 aromatic heterocycles. The second kappa shape index (κ2) is 11.4. The van der Waals surface area contributed by atoms with Crippen molar-refractivity contribution in [2.24, 2.45) is 0 Å². The van der Waals surface area contributed by atoms with Gasteiger partial charge in [-0.25, -0.2) is 4.98 Å². The number of hydrogen-bond acceptors (Lipinski definition) is 6. The molecule has 0 bridgehead atoms. The number of fused-ring (bicyclic) bond motifs is 1. The van der Waals surface area contributed by atoms with Crippen molar-refractivity contribution >= 4 is 34.3 Å². The minimum Gasteiger partial charge on any atom is -0.504 e. The highest BCUT2D eigenvalue weighted by Crippen LogP contribution is 2.44. The summed E-state index contributed by atoms with van der Waals surface area (Å²) < 4.78 is 6.95. The molecule has 8 heteroatoms. The van der Waals surface area contributed by atoms with Gasteiger partial charge in [0, 0.05) is 11.3 Å².